The Labute approximate surface area is 255 Å². The molecule has 0 radical (unpaired) electrons. The molecule has 1 heterocycles. The Morgan fingerprint density at radius 2 is 1.49 bits per heavy atom. The second-order valence-electron chi connectivity index (χ2n) is 9.68. The lowest BCUT2D eigenvalue weighted by atomic mass is 10.1. The number of methoxy groups -OCH3 is 2. The number of hydrogen-bond donors (Lipinski definition) is 4. The summed E-state index contributed by atoms with van der Waals surface area (Å²) in [5.74, 6) is 2.27. The SMILES string of the molecule is CCCc1ccccc1NCC(=O)Nc1cccc(SNc2nc3ccccc3nc2Nc2cc(OC)cc(OC)c2)c1. The summed E-state index contributed by atoms with van der Waals surface area (Å²) in [5.41, 5.74) is 5.15. The number of fused-ring (bicyclic) bond motifs is 1. The van der Waals surface area contributed by atoms with Crippen LogP contribution in [0.2, 0.25) is 0 Å². The monoisotopic (exact) mass is 594 g/mol. The van der Waals surface area contributed by atoms with Gasteiger partial charge in [-0.1, -0.05) is 49.7 Å². The van der Waals surface area contributed by atoms with Crippen molar-refractivity contribution in [3.8, 4) is 11.5 Å². The Bertz CT molecular complexity index is 1690. The van der Waals surface area contributed by atoms with Crippen molar-refractivity contribution in [1.29, 1.82) is 0 Å². The highest BCUT2D eigenvalue weighted by Crippen LogP contribution is 2.32. The van der Waals surface area contributed by atoms with Gasteiger partial charge in [-0.15, -0.1) is 0 Å². The number of amides is 1. The minimum atomic E-state index is -0.123. The van der Waals surface area contributed by atoms with Crippen LogP contribution in [0.4, 0.5) is 28.7 Å². The van der Waals surface area contributed by atoms with Crippen LogP contribution in [-0.2, 0) is 11.2 Å². The molecule has 0 spiro atoms. The third kappa shape index (κ3) is 7.87. The van der Waals surface area contributed by atoms with Gasteiger partial charge in [-0.05, 0) is 60.3 Å². The van der Waals surface area contributed by atoms with E-state index in [1.54, 1.807) is 20.3 Å². The summed E-state index contributed by atoms with van der Waals surface area (Å²) in [6.07, 6.45) is 2.01. The number of rotatable bonds is 13. The maximum absolute atomic E-state index is 12.7. The lowest BCUT2D eigenvalue weighted by Crippen LogP contribution is -2.22. The molecular formula is C33H34N6O3S. The minimum absolute atomic E-state index is 0.123. The van der Waals surface area contributed by atoms with Crippen LogP contribution in [0.25, 0.3) is 11.0 Å². The normalized spacial score (nSPS) is 10.7. The van der Waals surface area contributed by atoms with Crippen molar-refractivity contribution in [2.24, 2.45) is 0 Å². The van der Waals surface area contributed by atoms with Gasteiger partial charge in [0.05, 0.1) is 31.8 Å². The topological polar surface area (TPSA) is 109 Å². The number of ether oxygens (including phenoxy) is 2. The molecule has 220 valence electrons. The fourth-order valence-corrected chi connectivity index (χ4v) is 5.17. The van der Waals surface area contributed by atoms with Crippen molar-refractivity contribution in [3.63, 3.8) is 0 Å². The molecule has 5 rings (SSSR count). The summed E-state index contributed by atoms with van der Waals surface area (Å²) < 4.78 is 14.2. The molecule has 0 bridgehead atoms. The molecule has 0 aliphatic carbocycles. The zero-order chi connectivity index (χ0) is 30.0. The lowest BCUT2D eigenvalue weighted by molar-refractivity contribution is -0.114. The van der Waals surface area contributed by atoms with Crippen LogP contribution in [0, 0.1) is 0 Å². The van der Waals surface area contributed by atoms with Crippen LogP contribution in [0.1, 0.15) is 18.9 Å². The number of para-hydroxylation sites is 3. The number of hydrogen-bond acceptors (Lipinski definition) is 9. The van der Waals surface area contributed by atoms with Gasteiger partial charge in [0.2, 0.25) is 5.91 Å². The van der Waals surface area contributed by atoms with Gasteiger partial charge in [0.25, 0.3) is 0 Å². The molecule has 0 aliphatic heterocycles. The summed E-state index contributed by atoms with van der Waals surface area (Å²) in [7, 11) is 3.22. The molecule has 0 aliphatic rings. The Morgan fingerprint density at radius 1 is 0.791 bits per heavy atom. The molecule has 0 fully saturated rings. The van der Waals surface area contributed by atoms with Crippen molar-refractivity contribution in [2.75, 3.05) is 41.4 Å². The van der Waals surface area contributed by atoms with E-state index in [1.165, 1.54) is 17.5 Å². The fourth-order valence-electron chi connectivity index (χ4n) is 4.48. The van der Waals surface area contributed by atoms with Gasteiger partial charge in [0, 0.05) is 40.2 Å². The molecule has 0 saturated heterocycles. The molecule has 9 nitrogen and oxygen atoms in total. The van der Waals surface area contributed by atoms with Gasteiger partial charge in [-0.2, -0.15) is 0 Å². The van der Waals surface area contributed by atoms with Crippen LogP contribution in [0.15, 0.2) is 95.9 Å². The summed E-state index contributed by atoms with van der Waals surface area (Å²) in [5, 5.41) is 9.61. The molecule has 4 N–H and O–H groups in total. The number of aryl methyl sites for hydroxylation is 1. The molecule has 1 aromatic heterocycles. The predicted molar refractivity (Wildman–Crippen MR) is 176 cm³/mol. The quantitative estimate of drug-likeness (QED) is 0.103. The standard InChI is InChI=1S/C33H34N6O3S/c1-4-10-22-11-5-6-14-28(22)34-21-31(40)35-23-12-9-13-27(19-23)43-39-33-32(37-29-15-7-8-16-30(29)38-33)36-24-17-25(41-2)20-26(18-24)42-3/h5-9,11-20,34H,4,10,21H2,1-3H3,(H,35,40)(H,36,37)(H,38,39). The Balaban J connectivity index is 1.29. The first kappa shape index (κ1) is 29.5. The van der Waals surface area contributed by atoms with Gasteiger partial charge >= 0.3 is 0 Å². The summed E-state index contributed by atoms with van der Waals surface area (Å²) >= 11 is 1.37. The van der Waals surface area contributed by atoms with Crippen LogP contribution >= 0.6 is 11.9 Å². The van der Waals surface area contributed by atoms with E-state index in [4.69, 9.17) is 19.4 Å². The first-order valence-corrected chi connectivity index (χ1v) is 14.8. The zero-order valence-corrected chi connectivity index (χ0v) is 25.1. The third-order valence-electron chi connectivity index (χ3n) is 6.54. The van der Waals surface area contributed by atoms with E-state index in [2.05, 4.69) is 33.7 Å². The Hall–Kier alpha value is -4.96. The van der Waals surface area contributed by atoms with Gasteiger partial charge in [-0.25, -0.2) is 9.97 Å². The predicted octanol–water partition coefficient (Wildman–Crippen LogP) is 7.51. The molecule has 4 aromatic carbocycles. The van der Waals surface area contributed by atoms with E-state index in [-0.39, 0.29) is 12.5 Å². The van der Waals surface area contributed by atoms with Crippen molar-refractivity contribution < 1.29 is 14.3 Å². The van der Waals surface area contributed by atoms with E-state index in [1.807, 2.05) is 78.9 Å². The molecule has 5 aromatic rings. The highest BCUT2D eigenvalue weighted by molar-refractivity contribution is 8.00. The lowest BCUT2D eigenvalue weighted by Gasteiger charge is -2.15. The minimum Gasteiger partial charge on any atom is -0.497 e. The number of benzene rings is 4. The number of anilines is 5. The van der Waals surface area contributed by atoms with E-state index >= 15 is 0 Å². The highest BCUT2D eigenvalue weighted by Gasteiger charge is 2.12. The number of aromatic nitrogens is 2. The number of carbonyl (C=O) groups excluding carboxylic acids is 1. The van der Waals surface area contributed by atoms with Crippen LogP contribution in [-0.4, -0.2) is 36.6 Å². The van der Waals surface area contributed by atoms with Crippen molar-refractivity contribution in [1.82, 2.24) is 9.97 Å². The van der Waals surface area contributed by atoms with Crippen molar-refractivity contribution in [2.45, 2.75) is 24.7 Å². The maximum atomic E-state index is 12.7. The van der Waals surface area contributed by atoms with Crippen molar-refractivity contribution in [3.05, 3.63) is 96.6 Å². The van der Waals surface area contributed by atoms with Gasteiger partial charge in [-0.3, -0.25) is 4.79 Å². The molecule has 10 heteroatoms. The first-order valence-electron chi connectivity index (χ1n) is 14.0. The maximum Gasteiger partial charge on any atom is 0.243 e. The summed E-state index contributed by atoms with van der Waals surface area (Å²) in [4.78, 5) is 23.3. The average Bonchev–Trinajstić information content (AvgIpc) is 3.03. The van der Waals surface area contributed by atoms with Gasteiger partial charge in [0.15, 0.2) is 11.6 Å². The Kier molecular flexibility index (Phi) is 9.81. The molecule has 0 atom stereocenters. The van der Waals surface area contributed by atoms with E-state index in [9.17, 15) is 4.79 Å². The number of nitrogens with one attached hydrogen (secondary N) is 4. The van der Waals surface area contributed by atoms with E-state index in [0.717, 1.165) is 40.1 Å². The second kappa shape index (κ2) is 14.3. The second-order valence-corrected chi connectivity index (χ2v) is 10.6. The zero-order valence-electron chi connectivity index (χ0n) is 24.3. The molecule has 0 saturated carbocycles. The van der Waals surface area contributed by atoms with Gasteiger partial charge in [0.1, 0.15) is 11.5 Å². The third-order valence-corrected chi connectivity index (χ3v) is 7.33. The fraction of sp³-hybridized carbons (Fsp3) is 0.182. The molecule has 43 heavy (non-hydrogen) atoms. The highest BCUT2D eigenvalue weighted by atomic mass is 32.2. The van der Waals surface area contributed by atoms with Crippen LogP contribution in [0.3, 0.4) is 0 Å². The molecule has 0 unspecified atom stereocenters. The molecule has 1 amide bonds. The van der Waals surface area contributed by atoms with Crippen LogP contribution < -0.4 is 30.1 Å². The summed E-state index contributed by atoms with van der Waals surface area (Å²) in [6.45, 7) is 2.32. The van der Waals surface area contributed by atoms with Crippen molar-refractivity contribution >= 4 is 57.6 Å². The average molecular weight is 595 g/mol. The van der Waals surface area contributed by atoms with Gasteiger partial charge < -0.3 is 30.1 Å². The van der Waals surface area contributed by atoms with Crippen LogP contribution in [0.5, 0.6) is 11.5 Å². The largest absolute Gasteiger partial charge is 0.497 e. The van der Waals surface area contributed by atoms with E-state index < -0.39 is 0 Å². The number of nitrogens with zero attached hydrogens (tertiary/aromatic N) is 2. The summed E-state index contributed by atoms with van der Waals surface area (Å²) in [6, 6.07) is 28.9. The van der Waals surface area contributed by atoms with E-state index in [0.29, 0.717) is 28.8 Å². The number of carbonyl (C=O) groups is 1. The Morgan fingerprint density at radius 3 is 2.21 bits per heavy atom. The first-order chi connectivity index (χ1) is 21.0. The smallest absolute Gasteiger partial charge is 0.243 e. The molecular weight excluding hydrogens is 560 g/mol.